The van der Waals surface area contributed by atoms with Crippen LogP contribution in [0, 0.1) is 0 Å². The number of imide groups is 2. The molecule has 0 aliphatic carbocycles. The van der Waals surface area contributed by atoms with E-state index in [-0.39, 0.29) is 23.8 Å². The van der Waals surface area contributed by atoms with Gasteiger partial charge in [-0.2, -0.15) is 0 Å². The summed E-state index contributed by atoms with van der Waals surface area (Å²) in [4.78, 5) is 52.7. The minimum absolute atomic E-state index is 0.248. The van der Waals surface area contributed by atoms with Gasteiger partial charge in [0.25, 0.3) is 5.91 Å². The molecule has 1 atom stereocenters. The number of carbonyl (C=O) groups is 4. The molecule has 0 saturated carbocycles. The molecule has 5 amide bonds. The van der Waals surface area contributed by atoms with Crippen molar-refractivity contribution in [2.75, 3.05) is 21.1 Å². The molecule has 8 nitrogen and oxygen atoms in total. The highest BCUT2D eigenvalue weighted by Gasteiger charge is 2.36. The molecule has 0 aromatic heterocycles. The number of piperidine rings is 1. The Morgan fingerprint density at radius 3 is 2.54 bits per heavy atom. The van der Waals surface area contributed by atoms with E-state index in [0.29, 0.717) is 31.5 Å². The topological polar surface area (TPSA) is 90.0 Å². The lowest BCUT2D eigenvalue weighted by molar-refractivity contribution is -0.137. The predicted octanol–water partition coefficient (Wildman–Crippen LogP) is 0.561. The van der Waals surface area contributed by atoms with Crippen LogP contribution in [0.4, 0.5) is 4.79 Å². The minimum atomic E-state index is -0.396. The van der Waals surface area contributed by atoms with Crippen molar-refractivity contribution in [1.82, 2.24) is 20.0 Å². The Kier molecular flexibility index (Phi) is 4.78. The number of hydrogen-bond acceptors (Lipinski definition) is 5. The molecule has 8 heteroatoms. The summed E-state index contributed by atoms with van der Waals surface area (Å²) in [6.07, 6.45) is 0.788. The molecule has 3 rings (SSSR count). The molecule has 0 radical (unpaired) electrons. The molecule has 138 valence electrons. The highest BCUT2D eigenvalue weighted by molar-refractivity contribution is 6.05. The molecule has 0 spiro atoms. The fourth-order valence-corrected chi connectivity index (χ4v) is 3.47. The van der Waals surface area contributed by atoms with Crippen molar-refractivity contribution in [3.8, 4) is 0 Å². The lowest BCUT2D eigenvalue weighted by atomic mass is 10.0. The van der Waals surface area contributed by atoms with Gasteiger partial charge in [-0.05, 0) is 23.6 Å². The maximum Gasteiger partial charge on any atom is 0.326 e. The number of rotatable bonds is 2. The average molecular weight is 358 g/mol. The molecular weight excluding hydrogens is 336 g/mol. The number of nitrogens with zero attached hydrogens (tertiary/aromatic N) is 3. The van der Waals surface area contributed by atoms with E-state index in [2.05, 4.69) is 5.32 Å². The number of hydrogen-bond donors (Lipinski definition) is 1. The van der Waals surface area contributed by atoms with Gasteiger partial charge in [0.05, 0.1) is 6.04 Å². The third-order valence-electron chi connectivity index (χ3n) is 4.86. The van der Waals surface area contributed by atoms with Crippen molar-refractivity contribution < 1.29 is 19.2 Å². The monoisotopic (exact) mass is 358 g/mol. The SMILES string of the molecule is CN(C)C(=O)N(C)C(=O)c1cccc2c1CN(C1CCC(=O)NC1=O)C2. The highest BCUT2D eigenvalue weighted by atomic mass is 16.2. The molecule has 1 aromatic rings. The van der Waals surface area contributed by atoms with Crippen molar-refractivity contribution in [3.63, 3.8) is 0 Å². The van der Waals surface area contributed by atoms with Crippen molar-refractivity contribution in [2.24, 2.45) is 0 Å². The molecule has 1 fully saturated rings. The summed E-state index contributed by atoms with van der Waals surface area (Å²) < 4.78 is 0. The molecule has 1 N–H and O–H groups in total. The van der Waals surface area contributed by atoms with Crippen LogP contribution in [0.15, 0.2) is 18.2 Å². The van der Waals surface area contributed by atoms with E-state index in [1.54, 1.807) is 26.2 Å². The van der Waals surface area contributed by atoms with E-state index < -0.39 is 6.03 Å². The Bertz CT molecular complexity index is 789. The summed E-state index contributed by atoms with van der Waals surface area (Å²) in [5.41, 5.74) is 2.27. The summed E-state index contributed by atoms with van der Waals surface area (Å²) >= 11 is 0. The Balaban J connectivity index is 1.82. The van der Waals surface area contributed by atoms with Crippen LogP contribution < -0.4 is 5.32 Å². The van der Waals surface area contributed by atoms with Crippen molar-refractivity contribution >= 4 is 23.8 Å². The summed E-state index contributed by atoms with van der Waals surface area (Å²) in [6, 6.07) is 4.63. The summed E-state index contributed by atoms with van der Waals surface area (Å²) in [5.74, 6) is -0.907. The van der Waals surface area contributed by atoms with Gasteiger partial charge in [0.2, 0.25) is 11.8 Å². The van der Waals surface area contributed by atoms with Crippen molar-refractivity contribution in [3.05, 3.63) is 34.9 Å². The van der Waals surface area contributed by atoms with Crippen LogP contribution in [0.25, 0.3) is 0 Å². The predicted molar refractivity (Wildman–Crippen MR) is 93.0 cm³/mol. The zero-order valence-corrected chi connectivity index (χ0v) is 15.1. The standard InChI is InChI=1S/C18H22N4O4/c1-20(2)18(26)21(3)17(25)12-6-4-5-11-9-22(10-13(11)12)14-7-8-15(23)19-16(14)24/h4-6,14H,7-10H2,1-3H3,(H,19,23,24). The quantitative estimate of drug-likeness (QED) is 0.781. The molecule has 2 aliphatic heterocycles. The number of fused-ring (bicyclic) bond motifs is 1. The van der Waals surface area contributed by atoms with Gasteiger partial charge < -0.3 is 4.90 Å². The van der Waals surface area contributed by atoms with Crippen LogP contribution in [0.1, 0.15) is 34.3 Å². The molecular formula is C18H22N4O4. The first-order valence-electron chi connectivity index (χ1n) is 8.47. The summed E-state index contributed by atoms with van der Waals surface area (Å²) in [5, 5.41) is 2.37. The van der Waals surface area contributed by atoms with Gasteiger partial charge in [0.1, 0.15) is 0 Å². The maximum absolute atomic E-state index is 12.8. The molecule has 1 saturated heterocycles. The Morgan fingerprint density at radius 2 is 1.88 bits per heavy atom. The zero-order chi connectivity index (χ0) is 19.0. The maximum atomic E-state index is 12.8. The second kappa shape index (κ2) is 6.87. The largest absolute Gasteiger partial charge is 0.330 e. The van der Waals surface area contributed by atoms with E-state index in [0.717, 1.165) is 16.0 Å². The van der Waals surface area contributed by atoms with Crippen LogP contribution in [0.3, 0.4) is 0 Å². The van der Waals surface area contributed by atoms with Gasteiger partial charge in [0.15, 0.2) is 0 Å². The van der Waals surface area contributed by atoms with Gasteiger partial charge in [-0.25, -0.2) is 4.79 Å². The van der Waals surface area contributed by atoms with E-state index in [4.69, 9.17) is 0 Å². The fraction of sp³-hybridized carbons (Fsp3) is 0.444. The number of carbonyl (C=O) groups excluding carboxylic acids is 4. The van der Waals surface area contributed by atoms with Crippen LogP contribution in [-0.4, -0.2) is 65.6 Å². The van der Waals surface area contributed by atoms with Gasteiger partial charge in [-0.1, -0.05) is 12.1 Å². The highest BCUT2D eigenvalue weighted by Crippen LogP contribution is 2.30. The number of amides is 5. The molecule has 2 heterocycles. The van der Waals surface area contributed by atoms with Crippen LogP contribution in [0.5, 0.6) is 0 Å². The summed E-state index contributed by atoms with van der Waals surface area (Å²) in [7, 11) is 4.63. The second-order valence-electron chi connectivity index (χ2n) is 6.86. The first kappa shape index (κ1) is 18.1. The third kappa shape index (κ3) is 3.20. The van der Waals surface area contributed by atoms with E-state index in [1.165, 1.54) is 11.9 Å². The summed E-state index contributed by atoms with van der Waals surface area (Å²) in [6.45, 7) is 0.974. The van der Waals surface area contributed by atoms with E-state index in [1.807, 2.05) is 11.0 Å². The average Bonchev–Trinajstić information content (AvgIpc) is 3.03. The van der Waals surface area contributed by atoms with E-state index in [9.17, 15) is 19.2 Å². The van der Waals surface area contributed by atoms with Crippen LogP contribution >= 0.6 is 0 Å². The normalized spacial score (nSPS) is 19.7. The molecule has 2 aliphatic rings. The number of benzene rings is 1. The molecule has 26 heavy (non-hydrogen) atoms. The van der Waals surface area contributed by atoms with Gasteiger partial charge >= 0.3 is 6.03 Å². The number of nitrogens with one attached hydrogen (secondary N) is 1. The van der Waals surface area contributed by atoms with Gasteiger partial charge in [-0.15, -0.1) is 0 Å². The first-order chi connectivity index (χ1) is 12.3. The van der Waals surface area contributed by atoms with E-state index >= 15 is 0 Å². The molecule has 1 unspecified atom stereocenters. The first-order valence-corrected chi connectivity index (χ1v) is 8.47. The van der Waals surface area contributed by atoms with Crippen LogP contribution in [0.2, 0.25) is 0 Å². The Labute approximate surface area is 151 Å². The van der Waals surface area contributed by atoms with Gasteiger partial charge in [-0.3, -0.25) is 29.5 Å². The van der Waals surface area contributed by atoms with Crippen LogP contribution in [-0.2, 0) is 22.7 Å². The second-order valence-corrected chi connectivity index (χ2v) is 6.86. The van der Waals surface area contributed by atoms with Crippen molar-refractivity contribution in [2.45, 2.75) is 32.0 Å². The fourth-order valence-electron chi connectivity index (χ4n) is 3.47. The lowest BCUT2D eigenvalue weighted by Crippen LogP contribution is -2.50. The molecule has 1 aromatic carbocycles. The smallest absolute Gasteiger partial charge is 0.326 e. The lowest BCUT2D eigenvalue weighted by Gasteiger charge is -2.29. The van der Waals surface area contributed by atoms with Crippen molar-refractivity contribution in [1.29, 1.82) is 0 Å². The zero-order valence-electron chi connectivity index (χ0n) is 15.1. The van der Waals surface area contributed by atoms with Gasteiger partial charge in [0, 0.05) is 46.2 Å². The molecule has 0 bridgehead atoms. The Morgan fingerprint density at radius 1 is 1.15 bits per heavy atom. The Hall–Kier alpha value is -2.74. The minimum Gasteiger partial charge on any atom is -0.330 e. The third-order valence-corrected chi connectivity index (χ3v) is 4.86. The number of urea groups is 1.